The highest BCUT2D eigenvalue weighted by atomic mass is 16.3. The summed E-state index contributed by atoms with van der Waals surface area (Å²) in [5.41, 5.74) is 2.27. The maximum atomic E-state index is 10.5. The molecule has 1 aromatic carbocycles. The second kappa shape index (κ2) is 5.85. The van der Waals surface area contributed by atoms with Crippen LogP contribution in [0.2, 0.25) is 0 Å². The number of nitrogens with one attached hydrogen (secondary N) is 1. The largest absolute Gasteiger partial charge is 0.388 e. The first kappa shape index (κ1) is 13.6. The van der Waals surface area contributed by atoms with Gasteiger partial charge in [0.2, 0.25) is 0 Å². The van der Waals surface area contributed by atoms with Crippen LogP contribution in [0.4, 0.5) is 0 Å². The van der Waals surface area contributed by atoms with Gasteiger partial charge in [-0.3, -0.25) is 0 Å². The molecule has 1 aliphatic heterocycles. The van der Waals surface area contributed by atoms with Gasteiger partial charge in [0.05, 0.1) is 6.10 Å². The zero-order valence-electron chi connectivity index (χ0n) is 11.7. The summed E-state index contributed by atoms with van der Waals surface area (Å²) in [6, 6.07) is 9.25. The standard InChI is InChI=1S/C16H25NO/c1-11-7-9-14(10-8-11)16(18)13(3)15-6-4-5-12(2)17-15/h7-10,12-13,15-18H,4-6H2,1-3H3. The molecule has 4 unspecified atom stereocenters. The van der Waals surface area contributed by atoms with Crippen LogP contribution in [-0.2, 0) is 0 Å². The lowest BCUT2D eigenvalue weighted by Crippen LogP contribution is -2.45. The molecule has 0 spiro atoms. The molecule has 2 N–H and O–H groups in total. The molecule has 18 heavy (non-hydrogen) atoms. The van der Waals surface area contributed by atoms with Crippen molar-refractivity contribution in [3.05, 3.63) is 35.4 Å². The monoisotopic (exact) mass is 247 g/mol. The Morgan fingerprint density at radius 1 is 1.22 bits per heavy atom. The Morgan fingerprint density at radius 3 is 2.50 bits per heavy atom. The van der Waals surface area contributed by atoms with Gasteiger partial charge in [-0.1, -0.05) is 43.2 Å². The molecule has 0 amide bonds. The lowest BCUT2D eigenvalue weighted by Gasteiger charge is -2.35. The Balaban J connectivity index is 2.03. The normalized spacial score (nSPS) is 27.8. The van der Waals surface area contributed by atoms with Gasteiger partial charge in [-0.25, -0.2) is 0 Å². The fraction of sp³-hybridized carbons (Fsp3) is 0.625. The molecule has 0 bridgehead atoms. The summed E-state index contributed by atoms with van der Waals surface area (Å²) in [7, 11) is 0. The molecule has 4 atom stereocenters. The van der Waals surface area contributed by atoms with Crippen molar-refractivity contribution in [1.29, 1.82) is 0 Å². The van der Waals surface area contributed by atoms with Gasteiger partial charge in [0, 0.05) is 18.0 Å². The van der Waals surface area contributed by atoms with Gasteiger partial charge in [-0.2, -0.15) is 0 Å². The van der Waals surface area contributed by atoms with E-state index in [2.05, 4.69) is 38.2 Å². The van der Waals surface area contributed by atoms with Gasteiger partial charge in [0.1, 0.15) is 0 Å². The number of hydrogen-bond donors (Lipinski definition) is 2. The summed E-state index contributed by atoms with van der Waals surface area (Å²) in [4.78, 5) is 0. The maximum absolute atomic E-state index is 10.5. The quantitative estimate of drug-likeness (QED) is 0.859. The van der Waals surface area contributed by atoms with Gasteiger partial charge in [-0.05, 0) is 32.3 Å². The Labute approximate surface area is 110 Å². The first-order chi connectivity index (χ1) is 8.58. The first-order valence-electron chi connectivity index (χ1n) is 7.08. The molecule has 0 saturated carbocycles. The minimum absolute atomic E-state index is 0.260. The molecule has 0 radical (unpaired) electrons. The van der Waals surface area contributed by atoms with E-state index in [1.54, 1.807) is 0 Å². The molecule has 1 aromatic rings. The van der Waals surface area contributed by atoms with Crippen molar-refractivity contribution in [3.8, 4) is 0 Å². The van der Waals surface area contributed by atoms with Crippen LogP contribution in [0.1, 0.15) is 50.3 Å². The number of piperidine rings is 1. The van der Waals surface area contributed by atoms with Crippen LogP contribution >= 0.6 is 0 Å². The van der Waals surface area contributed by atoms with Gasteiger partial charge in [0.25, 0.3) is 0 Å². The Hall–Kier alpha value is -0.860. The summed E-state index contributed by atoms with van der Waals surface area (Å²) < 4.78 is 0. The van der Waals surface area contributed by atoms with E-state index in [1.165, 1.54) is 24.8 Å². The molecular formula is C16H25NO. The van der Waals surface area contributed by atoms with Crippen molar-refractivity contribution in [2.75, 3.05) is 0 Å². The van der Waals surface area contributed by atoms with Crippen LogP contribution in [0, 0.1) is 12.8 Å². The van der Waals surface area contributed by atoms with E-state index >= 15 is 0 Å². The number of benzene rings is 1. The van der Waals surface area contributed by atoms with Crippen molar-refractivity contribution in [1.82, 2.24) is 5.32 Å². The van der Waals surface area contributed by atoms with E-state index in [-0.39, 0.29) is 12.0 Å². The summed E-state index contributed by atoms with van der Waals surface area (Å²) in [6.45, 7) is 6.46. The third-order valence-electron chi connectivity index (χ3n) is 4.20. The van der Waals surface area contributed by atoms with E-state index in [1.807, 2.05) is 12.1 Å². The van der Waals surface area contributed by atoms with Gasteiger partial charge in [-0.15, -0.1) is 0 Å². The van der Waals surface area contributed by atoms with Gasteiger partial charge in [0.15, 0.2) is 0 Å². The molecule has 2 rings (SSSR count). The predicted octanol–water partition coefficient (Wildman–Crippen LogP) is 3.20. The van der Waals surface area contributed by atoms with Crippen LogP contribution < -0.4 is 5.32 Å². The van der Waals surface area contributed by atoms with Crippen molar-refractivity contribution in [2.24, 2.45) is 5.92 Å². The second-order valence-corrected chi connectivity index (χ2v) is 5.82. The maximum Gasteiger partial charge on any atom is 0.0830 e. The zero-order valence-corrected chi connectivity index (χ0v) is 11.7. The summed E-state index contributed by atoms with van der Waals surface area (Å²) in [5.74, 6) is 0.260. The Bertz CT molecular complexity index is 373. The highest BCUT2D eigenvalue weighted by molar-refractivity contribution is 5.23. The highest BCUT2D eigenvalue weighted by Gasteiger charge is 2.28. The molecule has 0 aliphatic carbocycles. The molecule has 1 heterocycles. The lowest BCUT2D eigenvalue weighted by molar-refractivity contribution is 0.0810. The summed E-state index contributed by atoms with van der Waals surface area (Å²) in [5, 5.41) is 14.1. The molecule has 1 aliphatic rings. The van der Waals surface area contributed by atoms with Crippen LogP contribution in [0.15, 0.2) is 24.3 Å². The second-order valence-electron chi connectivity index (χ2n) is 5.82. The van der Waals surface area contributed by atoms with Crippen molar-refractivity contribution >= 4 is 0 Å². The molecule has 0 aromatic heterocycles. The van der Waals surface area contributed by atoms with Gasteiger partial charge < -0.3 is 10.4 Å². The SMILES string of the molecule is Cc1ccc(C(O)C(C)C2CCCC(C)N2)cc1. The lowest BCUT2D eigenvalue weighted by atomic mass is 9.85. The summed E-state index contributed by atoms with van der Waals surface area (Å²) in [6.07, 6.45) is 3.33. The average molecular weight is 247 g/mol. The Morgan fingerprint density at radius 2 is 1.89 bits per heavy atom. The van der Waals surface area contributed by atoms with Crippen molar-refractivity contribution in [3.63, 3.8) is 0 Å². The van der Waals surface area contributed by atoms with E-state index in [9.17, 15) is 5.11 Å². The number of aliphatic hydroxyl groups is 1. The van der Waals surface area contributed by atoms with E-state index in [0.717, 1.165) is 5.56 Å². The van der Waals surface area contributed by atoms with E-state index in [4.69, 9.17) is 0 Å². The minimum Gasteiger partial charge on any atom is -0.388 e. The number of aryl methyl sites for hydroxylation is 1. The van der Waals surface area contributed by atoms with Crippen molar-refractivity contribution < 1.29 is 5.11 Å². The predicted molar refractivity (Wildman–Crippen MR) is 75.5 cm³/mol. The number of rotatable bonds is 3. The fourth-order valence-corrected chi connectivity index (χ4v) is 2.88. The number of aliphatic hydroxyl groups excluding tert-OH is 1. The molecular weight excluding hydrogens is 222 g/mol. The van der Waals surface area contributed by atoms with Crippen LogP contribution in [0.3, 0.4) is 0 Å². The third-order valence-corrected chi connectivity index (χ3v) is 4.20. The fourth-order valence-electron chi connectivity index (χ4n) is 2.88. The van der Waals surface area contributed by atoms with E-state index in [0.29, 0.717) is 12.1 Å². The molecule has 2 nitrogen and oxygen atoms in total. The molecule has 2 heteroatoms. The van der Waals surface area contributed by atoms with Crippen LogP contribution in [-0.4, -0.2) is 17.2 Å². The first-order valence-corrected chi connectivity index (χ1v) is 7.08. The zero-order chi connectivity index (χ0) is 13.1. The van der Waals surface area contributed by atoms with Crippen LogP contribution in [0.25, 0.3) is 0 Å². The van der Waals surface area contributed by atoms with Gasteiger partial charge >= 0.3 is 0 Å². The topological polar surface area (TPSA) is 32.3 Å². The summed E-state index contributed by atoms with van der Waals surface area (Å²) >= 11 is 0. The molecule has 1 fully saturated rings. The average Bonchev–Trinajstić information content (AvgIpc) is 2.38. The number of hydrogen-bond acceptors (Lipinski definition) is 2. The Kier molecular flexibility index (Phi) is 4.41. The van der Waals surface area contributed by atoms with Crippen LogP contribution in [0.5, 0.6) is 0 Å². The van der Waals surface area contributed by atoms with Crippen molar-refractivity contribution in [2.45, 2.75) is 58.2 Å². The highest BCUT2D eigenvalue weighted by Crippen LogP contribution is 2.29. The van der Waals surface area contributed by atoms with E-state index < -0.39 is 0 Å². The third kappa shape index (κ3) is 3.12. The molecule has 1 saturated heterocycles. The minimum atomic E-state index is -0.367. The molecule has 100 valence electrons. The smallest absolute Gasteiger partial charge is 0.0830 e.